The molecule has 1 N–H and O–H groups in total. The van der Waals surface area contributed by atoms with Gasteiger partial charge < -0.3 is 19.2 Å². The number of rotatable bonds is 6. The molecule has 0 aromatic carbocycles. The van der Waals surface area contributed by atoms with E-state index in [1.807, 2.05) is 0 Å². The van der Waals surface area contributed by atoms with Gasteiger partial charge in [0.1, 0.15) is 12.4 Å². The monoisotopic (exact) mass is 336 g/mol. The molecule has 0 radical (unpaired) electrons. The van der Waals surface area contributed by atoms with Crippen molar-refractivity contribution in [1.29, 1.82) is 0 Å². The molecule has 0 unspecified atom stereocenters. The molecule has 24 heavy (non-hydrogen) atoms. The number of morpholine rings is 1. The second kappa shape index (κ2) is 8.14. The van der Waals surface area contributed by atoms with Crippen LogP contribution >= 0.6 is 0 Å². The normalized spacial score (nSPS) is 21.5. The molecule has 1 aromatic rings. The van der Waals surface area contributed by atoms with E-state index in [9.17, 15) is 4.79 Å². The van der Waals surface area contributed by atoms with Crippen LogP contribution in [0.3, 0.4) is 0 Å². The van der Waals surface area contributed by atoms with Gasteiger partial charge in [0.15, 0.2) is 5.76 Å². The van der Waals surface area contributed by atoms with E-state index in [1.165, 1.54) is 19.3 Å². The summed E-state index contributed by atoms with van der Waals surface area (Å²) in [7, 11) is 1.61. The second-order valence-electron chi connectivity index (χ2n) is 6.77. The van der Waals surface area contributed by atoms with E-state index in [0.29, 0.717) is 24.7 Å². The van der Waals surface area contributed by atoms with Gasteiger partial charge in [0, 0.05) is 32.3 Å². The molecule has 1 saturated carbocycles. The minimum Gasteiger partial charge on any atom is -0.453 e. The number of nitrogens with one attached hydrogen (secondary N) is 1. The van der Waals surface area contributed by atoms with Gasteiger partial charge in [0.25, 0.3) is 5.91 Å². The Labute approximate surface area is 143 Å². The molecule has 2 aliphatic rings. The minimum atomic E-state index is -0.143. The Morgan fingerprint density at radius 2 is 2.00 bits per heavy atom. The Kier molecular flexibility index (Phi) is 5.92. The lowest BCUT2D eigenvalue weighted by Gasteiger charge is -2.48. The predicted molar refractivity (Wildman–Crippen MR) is 90.0 cm³/mol. The zero-order valence-corrected chi connectivity index (χ0v) is 14.5. The smallest absolute Gasteiger partial charge is 0.287 e. The van der Waals surface area contributed by atoms with Gasteiger partial charge in [-0.3, -0.25) is 9.69 Å². The van der Waals surface area contributed by atoms with Gasteiger partial charge in [0.05, 0.1) is 13.2 Å². The number of ether oxygens (including phenoxy) is 2. The van der Waals surface area contributed by atoms with Crippen molar-refractivity contribution in [2.45, 2.75) is 44.2 Å². The fourth-order valence-electron chi connectivity index (χ4n) is 3.90. The highest BCUT2D eigenvalue weighted by molar-refractivity contribution is 5.91. The number of carbonyl (C=O) groups is 1. The standard InChI is InChI=1S/C18H28N2O4/c1-22-13-15-5-6-16(24-15)17(21)19-14-18(7-3-2-4-8-18)20-9-11-23-12-10-20/h5-6H,2-4,7-14H2,1H3,(H,19,21). The molecule has 0 spiro atoms. The number of methoxy groups -OCH3 is 1. The van der Waals surface area contributed by atoms with Crippen LogP contribution in [0.4, 0.5) is 0 Å². The van der Waals surface area contributed by atoms with E-state index >= 15 is 0 Å². The first-order chi connectivity index (χ1) is 11.7. The van der Waals surface area contributed by atoms with Crippen molar-refractivity contribution in [2.24, 2.45) is 0 Å². The number of amides is 1. The predicted octanol–water partition coefficient (Wildman–Crippen LogP) is 2.19. The van der Waals surface area contributed by atoms with Crippen molar-refractivity contribution < 1.29 is 18.7 Å². The lowest BCUT2D eigenvalue weighted by molar-refractivity contribution is -0.0362. The highest BCUT2D eigenvalue weighted by atomic mass is 16.5. The molecule has 1 saturated heterocycles. The zero-order valence-electron chi connectivity index (χ0n) is 14.5. The van der Waals surface area contributed by atoms with Gasteiger partial charge in [0.2, 0.25) is 0 Å². The van der Waals surface area contributed by atoms with Crippen molar-refractivity contribution in [1.82, 2.24) is 10.2 Å². The van der Waals surface area contributed by atoms with Crippen molar-refractivity contribution in [3.05, 3.63) is 23.7 Å². The molecule has 1 aromatic heterocycles. The summed E-state index contributed by atoms with van der Waals surface area (Å²) < 4.78 is 16.1. The summed E-state index contributed by atoms with van der Waals surface area (Å²) in [5.41, 5.74) is 0.0691. The van der Waals surface area contributed by atoms with Crippen LogP contribution in [0.1, 0.15) is 48.4 Å². The molecular formula is C18H28N2O4. The van der Waals surface area contributed by atoms with Crippen molar-refractivity contribution >= 4 is 5.91 Å². The summed E-state index contributed by atoms with van der Waals surface area (Å²) >= 11 is 0. The van der Waals surface area contributed by atoms with Gasteiger partial charge in [-0.2, -0.15) is 0 Å². The van der Waals surface area contributed by atoms with Gasteiger partial charge in [-0.1, -0.05) is 19.3 Å². The molecule has 3 rings (SSSR count). The molecular weight excluding hydrogens is 308 g/mol. The second-order valence-corrected chi connectivity index (χ2v) is 6.77. The van der Waals surface area contributed by atoms with E-state index in [-0.39, 0.29) is 11.4 Å². The molecule has 0 atom stereocenters. The highest BCUT2D eigenvalue weighted by Gasteiger charge is 2.39. The Hall–Kier alpha value is -1.37. The summed E-state index contributed by atoms with van der Waals surface area (Å²) in [5.74, 6) is 0.883. The van der Waals surface area contributed by atoms with Crippen LogP contribution in [0.5, 0.6) is 0 Å². The van der Waals surface area contributed by atoms with Crippen LogP contribution < -0.4 is 5.32 Å². The number of hydrogen-bond acceptors (Lipinski definition) is 5. The Balaban J connectivity index is 1.62. The first-order valence-electron chi connectivity index (χ1n) is 8.92. The van der Waals surface area contributed by atoms with Gasteiger partial charge in [-0.05, 0) is 25.0 Å². The summed E-state index contributed by atoms with van der Waals surface area (Å²) in [6.45, 7) is 4.53. The van der Waals surface area contributed by atoms with Gasteiger partial charge in [-0.15, -0.1) is 0 Å². The van der Waals surface area contributed by atoms with E-state index in [0.717, 1.165) is 39.1 Å². The topological polar surface area (TPSA) is 63.9 Å². The maximum absolute atomic E-state index is 12.4. The largest absolute Gasteiger partial charge is 0.453 e. The van der Waals surface area contributed by atoms with E-state index in [1.54, 1.807) is 19.2 Å². The average molecular weight is 336 g/mol. The quantitative estimate of drug-likeness (QED) is 0.863. The molecule has 1 amide bonds. The van der Waals surface area contributed by atoms with Crippen LogP contribution in [0, 0.1) is 0 Å². The average Bonchev–Trinajstić information content (AvgIpc) is 3.10. The summed E-state index contributed by atoms with van der Waals surface area (Å²) in [4.78, 5) is 15.0. The maximum Gasteiger partial charge on any atom is 0.287 e. The van der Waals surface area contributed by atoms with Gasteiger partial charge in [-0.25, -0.2) is 0 Å². The molecule has 1 aliphatic heterocycles. The van der Waals surface area contributed by atoms with Crippen LogP contribution in [0.25, 0.3) is 0 Å². The molecule has 1 aliphatic carbocycles. The Bertz CT molecular complexity index is 531. The van der Waals surface area contributed by atoms with Crippen LogP contribution in [0.2, 0.25) is 0 Å². The van der Waals surface area contributed by atoms with Crippen molar-refractivity contribution in [3.8, 4) is 0 Å². The fraction of sp³-hybridized carbons (Fsp3) is 0.722. The van der Waals surface area contributed by atoms with E-state index < -0.39 is 0 Å². The maximum atomic E-state index is 12.4. The summed E-state index contributed by atoms with van der Waals surface area (Å²) in [5, 5.41) is 3.11. The lowest BCUT2D eigenvalue weighted by Crippen LogP contribution is -2.59. The summed E-state index contributed by atoms with van der Waals surface area (Å²) in [6, 6.07) is 3.50. The minimum absolute atomic E-state index is 0.0691. The number of carbonyl (C=O) groups excluding carboxylic acids is 1. The number of hydrogen-bond donors (Lipinski definition) is 1. The summed E-state index contributed by atoms with van der Waals surface area (Å²) in [6.07, 6.45) is 6.03. The van der Waals surface area contributed by atoms with Crippen LogP contribution in [-0.2, 0) is 16.1 Å². The SMILES string of the molecule is COCc1ccc(C(=O)NCC2(N3CCOCC3)CCCCC2)o1. The Morgan fingerprint density at radius 3 is 2.71 bits per heavy atom. The van der Waals surface area contributed by atoms with Crippen molar-refractivity contribution in [3.63, 3.8) is 0 Å². The molecule has 6 nitrogen and oxygen atoms in total. The first kappa shape index (κ1) is 17.5. The molecule has 6 heteroatoms. The number of nitrogens with zero attached hydrogens (tertiary/aromatic N) is 1. The van der Waals surface area contributed by atoms with E-state index in [2.05, 4.69) is 10.2 Å². The first-order valence-corrected chi connectivity index (χ1v) is 8.92. The van der Waals surface area contributed by atoms with Crippen molar-refractivity contribution in [2.75, 3.05) is 40.0 Å². The van der Waals surface area contributed by atoms with Crippen LogP contribution in [-0.4, -0.2) is 56.3 Å². The third-order valence-corrected chi connectivity index (χ3v) is 5.22. The van der Waals surface area contributed by atoms with Crippen LogP contribution in [0.15, 0.2) is 16.5 Å². The lowest BCUT2D eigenvalue weighted by atomic mass is 9.79. The Morgan fingerprint density at radius 1 is 1.25 bits per heavy atom. The molecule has 2 heterocycles. The number of furan rings is 1. The molecule has 2 fully saturated rings. The molecule has 134 valence electrons. The fourth-order valence-corrected chi connectivity index (χ4v) is 3.90. The molecule has 0 bridgehead atoms. The zero-order chi connectivity index (χ0) is 16.8. The van der Waals surface area contributed by atoms with Gasteiger partial charge >= 0.3 is 0 Å². The third-order valence-electron chi connectivity index (χ3n) is 5.22. The third kappa shape index (κ3) is 3.99. The van der Waals surface area contributed by atoms with E-state index in [4.69, 9.17) is 13.9 Å². The highest BCUT2D eigenvalue weighted by Crippen LogP contribution is 2.34.